The van der Waals surface area contributed by atoms with Crippen molar-refractivity contribution >= 4 is 34.1 Å². The van der Waals surface area contributed by atoms with Crippen molar-refractivity contribution < 1.29 is 9.47 Å². The number of fused-ring (bicyclic) bond motifs is 4. The van der Waals surface area contributed by atoms with E-state index in [1.54, 1.807) is 0 Å². The zero-order valence-electron chi connectivity index (χ0n) is 24.9. The summed E-state index contributed by atoms with van der Waals surface area (Å²) in [7, 11) is 0. The van der Waals surface area contributed by atoms with E-state index in [4.69, 9.17) is 9.47 Å². The molecule has 0 bridgehead atoms. The first-order chi connectivity index (χ1) is 22.8. The number of benzene rings is 7. The van der Waals surface area contributed by atoms with Crippen molar-refractivity contribution in [2.45, 2.75) is 0 Å². The van der Waals surface area contributed by atoms with E-state index in [-0.39, 0.29) is 0 Å². The minimum absolute atomic E-state index is 0.837. The van der Waals surface area contributed by atoms with Crippen LogP contribution in [0.25, 0.3) is 22.3 Å². The normalized spacial score (nSPS) is 12.6. The van der Waals surface area contributed by atoms with Crippen LogP contribution >= 0.6 is 0 Å². The van der Waals surface area contributed by atoms with Crippen molar-refractivity contribution in [3.63, 3.8) is 0 Å². The molecule has 0 saturated heterocycles. The van der Waals surface area contributed by atoms with Crippen molar-refractivity contribution in [3.8, 4) is 45.3 Å². The Kier molecular flexibility index (Phi) is 6.10. The van der Waals surface area contributed by atoms with E-state index in [1.807, 2.05) is 36.4 Å². The molecule has 0 radical (unpaired) electrons. The molecule has 0 saturated carbocycles. The Morgan fingerprint density at radius 2 is 0.630 bits per heavy atom. The van der Waals surface area contributed by atoms with Crippen LogP contribution in [-0.2, 0) is 0 Å². The number of ether oxygens (including phenoxy) is 2. The number of rotatable bonds is 4. The maximum absolute atomic E-state index is 6.35. The van der Waals surface area contributed by atoms with Crippen molar-refractivity contribution in [3.05, 3.63) is 170 Å². The van der Waals surface area contributed by atoms with Crippen molar-refractivity contribution in [1.29, 1.82) is 0 Å². The number of anilines is 6. The van der Waals surface area contributed by atoms with Gasteiger partial charge in [-0.25, -0.2) is 0 Å². The van der Waals surface area contributed by atoms with E-state index in [9.17, 15) is 0 Å². The zero-order chi connectivity index (χ0) is 30.5. The molecule has 0 unspecified atom stereocenters. The highest BCUT2D eigenvalue weighted by atomic mass is 16.5. The van der Waals surface area contributed by atoms with Crippen molar-refractivity contribution in [2.75, 3.05) is 9.80 Å². The summed E-state index contributed by atoms with van der Waals surface area (Å²) in [6, 6.07) is 58.9. The molecular formula is C42H28N2O2. The molecule has 7 aromatic rings. The molecule has 46 heavy (non-hydrogen) atoms. The molecule has 0 amide bonds. The van der Waals surface area contributed by atoms with Crippen LogP contribution in [0.2, 0.25) is 0 Å². The first-order valence-electron chi connectivity index (χ1n) is 15.4. The molecule has 2 heterocycles. The standard InChI is InChI=1S/C42H28N2O2/c1-3-11-33(12-4-1)43-35-15-7-9-17-39(35)45-41-25-23-31(27-37(41)43)29-19-21-30(22-20-29)32-24-26-42-38(28-32)44(34-13-5-2-6-14-34)36-16-8-10-18-40(36)46-42/h1-28H. The van der Waals surface area contributed by atoms with Crippen LogP contribution in [0.15, 0.2) is 170 Å². The van der Waals surface area contributed by atoms with Gasteiger partial charge in [-0.15, -0.1) is 0 Å². The number of nitrogens with zero attached hydrogens (tertiary/aromatic N) is 2. The van der Waals surface area contributed by atoms with Gasteiger partial charge < -0.3 is 19.3 Å². The van der Waals surface area contributed by atoms with Gasteiger partial charge in [0.15, 0.2) is 23.0 Å². The number of para-hydroxylation sites is 6. The summed E-state index contributed by atoms with van der Waals surface area (Å²) in [6.07, 6.45) is 0. The second-order valence-corrected chi connectivity index (χ2v) is 11.4. The SMILES string of the molecule is c1ccc(N2c3ccccc3Oc3ccc(-c4ccc(-c5ccc6c(c5)N(c5ccccc5)c5ccccc5O6)cc4)cc32)cc1. The lowest BCUT2D eigenvalue weighted by Gasteiger charge is -2.33. The summed E-state index contributed by atoms with van der Waals surface area (Å²) in [5, 5.41) is 0. The van der Waals surface area contributed by atoms with Crippen LogP contribution in [0.3, 0.4) is 0 Å². The average molecular weight is 593 g/mol. The molecule has 0 spiro atoms. The van der Waals surface area contributed by atoms with Gasteiger partial charge in [-0.1, -0.05) is 97.1 Å². The first kappa shape index (κ1) is 26.2. The molecule has 4 nitrogen and oxygen atoms in total. The smallest absolute Gasteiger partial charge is 0.151 e. The third-order valence-corrected chi connectivity index (χ3v) is 8.63. The predicted octanol–water partition coefficient (Wildman–Crippen LogP) is 12.2. The van der Waals surface area contributed by atoms with E-state index in [2.05, 4.69) is 143 Å². The quantitative estimate of drug-likeness (QED) is 0.203. The van der Waals surface area contributed by atoms with E-state index >= 15 is 0 Å². The monoisotopic (exact) mass is 592 g/mol. The third-order valence-electron chi connectivity index (χ3n) is 8.63. The summed E-state index contributed by atoms with van der Waals surface area (Å²) >= 11 is 0. The summed E-state index contributed by atoms with van der Waals surface area (Å²) in [5.74, 6) is 3.37. The molecule has 0 atom stereocenters. The van der Waals surface area contributed by atoms with Gasteiger partial charge in [0.1, 0.15) is 0 Å². The van der Waals surface area contributed by atoms with Crippen LogP contribution in [0.5, 0.6) is 23.0 Å². The molecule has 4 heteroatoms. The van der Waals surface area contributed by atoms with Crippen molar-refractivity contribution in [2.24, 2.45) is 0 Å². The van der Waals surface area contributed by atoms with E-state index in [0.29, 0.717) is 0 Å². The maximum atomic E-state index is 6.35. The Bertz CT molecular complexity index is 2050. The lowest BCUT2D eigenvalue weighted by Crippen LogP contribution is -2.15. The highest BCUT2D eigenvalue weighted by Gasteiger charge is 2.27. The molecule has 0 aliphatic carbocycles. The first-order valence-corrected chi connectivity index (χ1v) is 15.4. The molecule has 2 aliphatic rings. The minimum atomic E-state index is 0.837. The summed E-state index contributed by atoms with van der Waals surface area (Å²) in [4.78, 5) is 4.55. The van der Waals surface area contributed by atoms with Gasteiger partial charge >= 0.3 is 0 Å². The van der Waals surface area contributed by atoms with E-state index < -0.39 is 0 Å². The Balaban J connectivity index is 1.08. The minimum Gasteiger partial charge on any atom is -0.453 e. The highest BCUT2D eigenvalue weighted by Crippen LogP contribution is 2.52. The van der Waals surface area contributed by atoms with Crippen LogP contribution in [0.4, 0.5) is 34.1 Å². The maximum Gasteiger partial charge on any atom is 0.151 e. The van der Waals surface area contributed by atoms with Crippen LogP contribution < -0.4 is 19.3 Å². The Morgan fingerprint density at radius 1 is 0.283 bits per heavy atom. The van der Waals surface area contributed by atoms with Crippen LogP contribution in [0.1, 0.15) is 0 Å². The van der Waals surface area contributed by atoms with Gasteiger partial charge in [-0.2, -0.15) is 0 Å². The fourth-order valence-electron chi connectivity index (χ4n) is 6.43. The predicted molar refractivity (Wildman–Crippen MR) is 187 cm³/mol. The number of hydrogen-bond acceptors (Lipinski definition) is 4. The molecule has 0 N–H and O–H groups in total. The molecular weight excluding hydrogens is 564 g/mol. The van der Waals surface area contributed by atoms with Crippen LogP contribution in [0, 0.1) is 0 Å². The zero-order valence-corrected chi connectivity index (χ0v) is 24.9. The fraction of sp³-hybridized carbons (Fsp3) is 0. The lowest BCUT2D eigenvalue weighted by atomic mass is 9.98. The topological polar surface area (TPSA) is 24.9 Å². The van der Waals surface area contributed by atoms with E-state index in [0.717, 1.165) is 79.4 Å². The van der Waals surface area contributed by atoms with Gasteiger partial charge in [0.05, 0.1) is 22.7 Å². The fourth-order valence-corrected chi connectivity index (χ4v) is 6.43. The molecule has 0 fully saturated rings. The lowest BCUT2D eigenvalue weighted by molar-refractivity contribution is 0.477. The van der Waals surface area contributed by atoms with Crippen molar-refractivity contribution in [1.82, 2.24) is 0 Å². The number of hydrogen-bond donors (Lipinski definition) is 0. The van der Waals surface area contributed by atoms with Gasteiger partial charge in [0.2, 0.25) is 0 Å². The second kappa shape index (κ2) is 10.7. The van der Waals surface area contributed by atoms with E-state index in [1.165, 1.54) is 0 Å². The third kappa shape index (κ3) is 4.39. The summed E-state index contributed by atoms with van der Waals surface area (Å²) in [5.41, 5.74) is 10.8. The Hall–Kier alpha value is -6.26. The molecule has 218 valence electrons. The average Bonchev–Trinajstić information content (AvgIpc) is 3.13. The van der Waals surface area contributed by atoms with Crippen LogP contribution in [-0.4, -0.2) is 0 Å². The van der Waals surface area contributed by atoms with Gasteiger partial charge in [-0.05, 0) is 95.1 Å². The van der Waals surface area contributed by atoms with Gasteiger partial charge in [-0.3, -0.25) is 0 Å². The second-order valence-electron chi connectivity index (χ2n) is 11.4. The Morgan fingerprint density at radius 3 is 1.07 bits per heavy atom. The van der Waals surface area contributed by atoms with Gasteiger partial charge in [0, 0.05) is 11.4 Å². The Labute approximate surface area is 268 Å². The molecule has 2 aliphatic heterocycles. The molecule has 9 rings (SSSR count). The molecule has 0 aromatic heterocycles. The summed E-state index contributed by atoms with van der Waals surface area (Å²) in [6.45, 7) is 0. The highest BCUT2D eigenvalue weighted by molar-refractivity contribution is 5.90. The molecule has 7 aromatic carbocycles. The van der Waals surface area contributed by atoms with Gasteiger partial charge in [0.25, 0.3) is 0 Å². The largest absolute Gasteiger partial charge is 0.453 e. The summed E-state index contributed by atoms with van der Waals surface area (Å²) < 4.78 is 12.7.